The maximum atomic E-state index is 13.1. The van der Waals surface area contributed by atoms with Crippen LogP contribution in [0.2, 0.25) is 0 Å². The first-order valence-electron chi connectivity index (χ1n) is 7.01. The minimum absolute atomic E-state index is 0.234. The lowest BCUT2D eigenvalue weighted by atomic mass is 10.1. The van der Waals surface area contributed by atoms with E-state index >= 15 is 0 Å². The van der Waals surface area contributed by atoms with Crippen LogP contribution < -0.4 is 0 Å². The van der Waals surface area contributed by atoms with Crippen molar-refractivity contribution < 1.29 is 13.7 Å². The van der Waals surface area contributed by atoms with Crippen molar-refractivity contribution in [2.45, 2.75) is 19.9 Å². The molecule has 21 heavy (non-hydrogen) atoms. The van der Waals surface area contributed by atoms with Crippen LogP contribution in [0.15, 0.2) is 18.2 Å². The first kappa shape index (κ1) is 15.8. The zero-order valence-electron chi connectivity index (χ0n) is 12.0. The summed E-state index contributed by atoms with van der Waals surface area (Å²) in [6.07, 6.45) is -2.70. The Kier molecular flexibility index (Phi) is 5.19. The van der Waals surface area contributed by atoms with Gasteiger partial charge in [-0.25, -0.2) is 8.78 Å². The van der Waals surface area contributed by atoms with Crippen molar-refractivity contribution in [3.63, 3.8) is 0 Å². The van der Waals surface area contributed by atoms with Crippen molar-refractivity contribution in [1.82, 2.24) is 9.80 Å². The molecule has 0 N–H and O–H groups in total. The summed E-state index contributed by atoms with van der Waals surface area (Å²) in [7, 11) is 0. The fourth-order valence-electron chi connectivity index (χ4n) is 2.55. The maximum Gasteiger partial charge on any atom is 0.269 e. The second-order valence-corrected chi connectivity index (χ2v) is 5.15. The highest BCUT2D eigenvalue weighted by Gasteiger charge is 2.21. The Morgan fingerprint density at radius 3 is 2.38 bits per heavy atom. The number of nitro groups is 1. The number of piperazine rings is 1. The highest BCUT2D eigenvalue weighted by atomic mass is 19.3. The Morgan fingerprint density at radius 1 is 1.24 bits per heavy atom. The van der Waals surface area contributed by atoms with E-state index in [1.54, 1.807) is 0 Å². The maximum absolute atomic E-state index is 13.1. The van der Waals surface area contributed by atoms with Gasteiger partial charge in [-0.1, -0.05) is 13.0 Å². The average molecular weight is 299 g/mol. The topological polar surface area (TPSA) is 49.6 Å². The number of non-ortho nitro benzene ring substituents is 1. The van der Waals surface area contributed by atoms with Crippen molar-refractivity contribution in [3.05, 3.63) is 39.4 Å². The van der Waals surface area contributed by atoms with Crippen molar-refractivity contribution in [2.24, 2.45) is 0 Å². The molecule has 1 saturated heterocycles. The number of halogens is 2. The molecule has 7 heteroatoms. The molecule has 1 fully saturated rings. The molecule has 0 spiro atoms. The zero-order valence-corrected chi connectivity index (χ0v) is 12.0. The van der Waals surface area contributed by atoms with Gasteiger partial charge in [-0.15, -0.1) is 0 Å². The molecule has 116 valence electrons. The van der Waals surface area contributed by atoms with Crippen LogP contribution in [0.3, 0.4) is 0 Å². The van der Waals surface area contributed by atoms with Gasteiger partial charge in [0.1, 0.15) is 0 Å². The van der Waals surface area contributed by atoms with Gasteiger partial charge in [-0.2, -0.15) is 0 Å². The molecule has 0 radical (unpaired) electrons. The molecule has 0 amide bonds. The number of likely N-dealkylation sites (N-methyl/N-ethyl adjacent to an activating group) is 1. The second kappa shape index (κ2) is 6.91. The third-order valence-corrected chi connectivity index (χ3v) is 3.88. The number of hydrogen-bond donors (Lipinski definition) is 0. The summed E-state index contributed by atoms with van der Waals surface area (Å²) in [5.41, 5.74) is -0.0486. The van der Waals surface area contributed by atoms with Crippen molar-refractivity contribution >= 4 is 5.69 Å². The quantitative estimate of drug-likeness (QED) is 0.619. The smallest absolute Gasteiger partial charge is 0.269 e. The van der Waals surface area contributed by atoms with Gasteiger partial charge in [0.25, 0.3) is 12.1 Å². The largest absolute Gasteiger partial charge is 0.301 e. The highest BCUT2D eigenvalue weighted by molar-refractivity contribution is 5.40. The lowest BCUT2D eigenvalue weighted by molar-refractivity contribution is -0.385. The first-order valence-corrected chi connectivity index (χ1v) is 7.01. The number of nitrogens with zero attached hydrogens (tertiary/aromatic N) is 3. The highest BCUT2D eigenvalue weighted by Crippen LogP contribution is 2.28. The fourth-order valence-corrected chi connectivity index (χ4v) is 2.55. The van der Waals surface area contributed by atoms with E-state index in [2.05, 4.69) is 16.7 Å². The van der Waals surface area contributed by atoms with Gasteiger partial charge in [-0.3, -0.25) is 15.0 Å². The van der Waals surface area contributed by atoms with E-state index in [-0.39, 0.29) is 11.3 Å². The molecule has 5 nitrogen and oxygen atoms in total. The molecule has 0 saturated carbocycles. The minimum atomic E-state index is -2.70. The summed E-state index contributed by atoms with van der Waals surface area (Å²) in [6, 6.07) is 3.73. The monoisotopic (exact) mass is 299 g/mol. The van der Waals surface area contributed by atoms with Gasteiger partial charge in [0.05, 0.1) is 4.92 Å². The molecule has 2 rings (SSSR count). The van der Waals surface area contributed by atoms with Crippen LogP contribution in [0.1, 0.15) is 24.5 Å². The predicted molar refractivity (Wildman–Crippen MR) is 75.4 cm³/mol. The zero-order chi connectivity index (χ0) is 15.4. The molecular weight excluding hydrogens is 280 g/mol. The van der Waals surface area contributed by atoms with Gasteiger partial charge in [0, 0.05) is 50.4 Å². The van der Waals surface area contributed by atoms with E-state index in [0.717, 1.165) is 38.8 Å². The van der Waals surface area contributed by atoms with Crippen molar-refractivity contribution in [1.29, 1.82) is 0 Å². The molecule has 1 heterocycles. The number of alkyl halides is 2. The second-order valence-electron chi connectivity index (χ2n) is 5.15. The molecule has 0 unspecified atom stereocenters. The van der Waals surface area contributed by atoms with Gasteiger partial charge in [0.2, 0.25) is 0 Å². The molecule has 1 aliphatic heterocycles. The number of rotatable bonds is 5. The summed E-state index contributed by atoms with van der Waals surface area (Å²) >= 11 is 0. The molecule has 0 atom stereocenters. The Morgan fingerprint density at radius 2 is 1.86 bits per heavy atom. The summed E-state index contributed by atoms with van der Waals surface area (Å²) in [5, 5.41) is 10.7. The molecule has 0 aliphatic carbocycles. The molecule has 1 aliphatic rings. The van der Waals surface area contributed by atoms with E-state index < -0.39 is 11.3 Å². The normalized spacial score (nSPS) is 17.3. The molecule has 0 bridgehead atoms. The van der Waals surface area contributed by atoms with Crippen LogP contribution in [-0.2, 0) is 6.54 Å². The van der Waals surface area contributed by atoms with E-state index in [9.17, 15) is 18.9 Å². The summed E-state index contributed by atoms with van der Waals surface area (Å²) in [5.74, 6) is 0. The lowest BCUT2D eigenvalue weighted by Crippen LogP contribution is -2.45. The third-order valence-electron chi connectivity index (χ3n) is 3.88. The van der Waals surface area contributed by atoms with E-state index in [1.807, 2.05) is 0 Å². The van der Waals surface area contributed by atoms with Gasteiger partial charge < -0.3 is 4.90 Å². The van der Waals surface area contributed by atoms with Crippen LogP contribution in [0, 0.1) is 10.1 Å². The predicted octanol–water partition coefficient (Wildman–Crippen LogP) is 2.67. The SMILES string of the molecule is CCN1CCN(Cc2ccc([N+](=O)[O-])cc2C(F)F)CC1. The Labute approximate surface area is 122 Å². The van der Waals surface area contributed by atoms with Crippen LogP contribution >= 0.6 is 0 Å². The van der Waals surface area contributed by atoms with Gasteiger partial charge in [-0.05, 0) is 12.1 Å². The number of benzene rings is 1. The summed E-state index contributed by atoms with van der Waals surface area (Å²) in [6.45, 7) is 7.01. The van der Waals surface area contributed by atoms with Crippen LogP contribution in [0.25, 0.3) is 0 Å². The van der Waals surface area contributed by atoms with Crippen molar-refractivity contribution in [3.8, 4) is 0 Å². The van der Waals surface area contributed by atoms with Crippen LogP contribution in [-0.4, -0.2) is 47.4 Å². The lowest BCUT2D eigenvalue weighted by Gasteiger charge is -2.34. The van der Waals surface area contributed by atoms with Gasteiger partial charge >= 0.3 is 0 Å². The molecule has 1 aromatic rings. The molecule has 1 aromatic carbocycles. The Balaban J connectivity index is 2.11. The Bertz CT molecular complexity index is 503. The molecule has 0 aromatic heterocycles. The number of hydrogen-bond acceptors (Lipinski definition) is 4. The van der Waals surface area contributed by atoms with E-state index in [1.165, 1.54) is 12.1 Å². The summed E-state index contributed by atoms with van der Waals surface area (Å²) < 4.78 is 26.2. The first-order chi connectivity index (χ1) is 10.0. The van der Waals surface area contributed by atoms with Gasteiger partial charge in [0.15, 0.2) is 0 Å². The summed E-state index contributed by atoms with van der Waals surface area (Å²) in [4.78, 5) is 14.5. The van der Waals surface area contributed by atoms with Crippen LogP contribution in [0.4, 0.5) is 14.5 Å². The van der Waals surface area contributed by atoms with Crippen molar-refractivity contribution in [2.75, 3.05) is 32.7 Å². The Hall–Kier alpha value is -1.60. The van der Waals surface area contributed by atoms with Crippen LogP contribution in [0.5, 0.6) is 0 Å². The van der Waals surface area contributed by atoms with E-state index in [0.29, 0.717) is 12.1 Å². The minimum Gasteiger partial charge on any atom is -0.301 e. The molecular formula is C14H19F2N3O2. The van der Waals surface area contributed by atoms with E-state index in [4.69, 9.17) is 0 Å². The standard InChI is InChI=1S/C14H19F2N3O2/c1-2-17-5-7-18(8-6-17)10-11-3-4-12(19(20)21)9-13(11)14(15)16/h3-4,9,14H,2,5-8,10H2,1H3. The number of nitro benzene ring substituents is 1. The fraction of sp³-hybridized carbons (Fsp3) is 0.571. The third kappa shape index (κ3) is 3.95. The average Bonchev–Trinajstić information content (AvgIpc) is 2.48.